The highest BCUT2D eigenvalue weighted by molar-refractivity contribution is 5.98. The molecule has 1 aromatic carbocycles. The van der Waals surface area contributed by atoms with E-state index in [1.807, 2.05) is 0 Å². The third-order valence-corrected chi connectivity index (χ3v) is 1.82. The van der Waals surface area contributed by atoms with Gasteiger partial charge in [0.25, 0.3) is 0 Å². The minimum atomic E-state index is -4.35. The number of benzene rings is 1. The summed E-state index contributed by atoms with van der Waals surface area (Å²) in [5.41, 5.74) is 0.990. The lowest BCUT2D eigenvalue weighted by Gasteiger charge is -2.09. The van der Waals surface area contributed by atoms with Crippen molar-refractivity contribution in [2.45, 2.75) is 13.1 Å². The van der Waals surface area contributed by atoms with Gasteiger partial charge in [-0.2, -0.15) is 13.2 Å². The molecule has 0 aromatic heterocycles. The molecule has 88 valence electrons. The van der Waals surface area contributed by atoms with E-state index < -0.39 is 12.8 Å². The Hall–Kier alpha value is -1.72. The lowest BCUT2D eigenvalue weighted by molar-refractivity contribution is -0.153. The molecule has 0 bridgehead atoms. The summed E-state index contributed by atoms with van der Waals surface area (Å²) in [4.78, 5) is 0. The molecule has 16 heavy (non-hydrogen) atoms. The minimum Gasteiger partial charge on any atom is -0.484 e. The fraction of sp³-hybridized carbons (Fsp3) is 0.300. The molecule has 0 fully saturated rings. The van der Waals surface area contributed by atoms with Crippen LogP contribution in [0.3, 0.4) is 0 Å². The van der Waals surface area contributed by atoms with Gasteiger partial charge in [-0.25, -0.2) is 0 Å². The summed E-state index contributed by atoms with van der Waals surface area (Å²) in [7, 11) is 0. The van der Waals surface area contributed by atoms with Crippen molar-refractivity contribution in [2.75, 3.05) is 6.61 Å². The minimum absolute atomic E-state index is 0.117. The zero-order chi connectivity index (χ0) is 12.2. The maximum Gasteiger partial charge on any atom is 0.422 e. The largest absolute Gasteiger partial charge is 0.484 e. The summed E-state index contributed by atoms with van der Waals surface area (Å²) in [6, 6.07) is 5.80. The fourth-order valence-electron chi connectivity index (χ4n) is 1.02. The summed E-state index contributed by atoms with van der Waals surface area (Å²) < 4.78 is 40.0. The average molecular weight is 233 g/mol. The third kappa shape index (κ3) is 3.80. The van der Waals surface area contributed by atoms with Gasteiger partial charge in [-0.15, -0.1) is 0 Å². The first-order valence-corrected chi connectivity index (χ1v) is 4.41. The Bertz CT molecular complexity index is 371. The van der Waals surface area contributed by atoms with Crippen molar-refractivity contribution in [1.29, 1.82) is 0 Å². The Balaban J connectivity index is 2.65. The molecular weight excluding hydrogens is 223 g/mol. The van der Waals surface area contributed by atoms with E-state index in [9.17, 15) is 13.2 Å². The number of hydrogen-bond acceptors (Lipinski definition) is 3. The van der Waals surface area contributed by atoms with Gasteiger partial charge in [0.2, 0.25) is 0 Å². The van der Waals surface area contributed by atoms with Gasteiger partial charge < -0.3 is 9.94 Å². The van der Waals surface area contributed by atoms with Crippen LogP contribution in [0.4, 0.5) is 13.2 Å². The van der Waals surface area contributed by atoms with Crippen LogP contribution in [0, 0.1) is 0 Å². The molecule has 1 rings (SSSR count). The maximum absolute atomic E-state index is 11.8. The van der Waals surface area contributed by atoms with Crippen molar-refractivity contribution in [3.63, 3.8) is 0 Å². The number of rotatable bonds is 3. The van der Waals surface area contributed by atoms with Crippen LogP contribution < -0.4 is 4.74 Å². The SMILES string of the molecule is C/C(=N\O)c1ccc(OCC(F)(F)F)cc1. The van der Waals surface area contributed by atoms with Crippen LogP contribution in [0.5, 0.6) is 5.75 Å². The normalized spacial score (nSPS) is 12.6. The summed E-state index contributed by atoms with van der Waals surface area (Å²) in [6.45, 7) is 0.255. The summed E-state index contributed by atoms with van der Waals surface area (Å²) >= 11 is 0. The molecule has 0 saturated carbocycles. The summed E-state index contributed by atoms with van der Waals surface area (Å²) in [6.07, 6.45) is -4.35. The van der Waals surface area contributed by atoms with Gasteiger partial charge in [-0.1, -0.05) is 5.16 Å². The van der Waals surface area contributed by atoms with Crippen molar-refractivity contribution in [2.24, 2.45) is 5.16 Å². The number of alkyl halides is 3. The predicted molar refractivity (Wildman–Crippen MR) is 52.0 cm³/mol. The molecule has 0 aliphatic heterocycles. The fourth-order valence-corrected chi connectivity index (χ4v) is 1.02. The summed E-state index contributed by atoms with van der Waals surface area (Å²) in [5.74, 6) is 0.117. The van der Waals surface area contributed by atoms with Crippen molar-refractivity contribution >= 4 is 5.71 Å². The molecule has 0 saturated heterocycles. The second kappa shape index (κ2) is 4.87. The first kappa shape index (κ1) is 12.4. The molecule has 0 atom stereocenters. The quantitative estimate of drug-likeness (QED) is 0.495. The van der Waals surface area contributed by atoms with Gasteiger partial charge in [0.05, 0.1) is 5.71 Å². The zero-order valence-corrected chi connectivity index (χ0v) is 8.45. The molecule has 0 unspecified atom stereocenters. The van der Waals surface area contributed by atoms with Crippen molar-refractivity contribution in [3.05, 3.63) is 29.8 Å². The highest BCUT2D eigenvalue weighted by atomic mass is 19.4. The van der Waals surface area contributed by atoms with Crippen LogP contribution in [0.2, 0.25) is 0 Å². The maximum atomic E-state index is 11.8. The third-order valence-electron chi connectivity index (χ3n) is 1.82. The topological polar surface area (TPSA) is 41.8 Å². The van der Waals surface area contributed by atoms with Crippen molar-refractivity contribution in [3.8, 4) is 5.75 Å². The molecule has 1 aromatic rings. The Morgan fingerprint density at radius 1 is 1.31 bits per heavy atom. The summed E-state index contributed by atoms with van der Waals surface area (Å²) in [5, 5.41) is 11.4. The van der Waals surface area contributed by atoms with Crippen LogP contribution >= 0.6 is 0 Å². The van der Waals surface area contributed by atoms with E-state index in [0.717, 1.165) is 0 Å². The molecular formula is C10H10F3NO2. The van der Waals surface area contributed by atoms with Gasteiger partial charge in [-0.3, -0.25) is 0 Å². The van der Waals surface area contributed by atoms with E-state index in [4.69, 9.17) is 5.21 Å². The molecule has 0 amide bonds. The lowest BCUT2D eigenvalue weighted by Crippen LogP contribution is -2.19. The van der Waals surface area contributed by atoms with E-state index in [1.54, 1.807) is 6.92 Å². The molecule has 3 nitrogen and oxygen atoms in total. The van der Waals surface area contributed by atoms with Crippen molar-refractivity contribution in [1.82, 2.24) is 0 Å². The number of halogens is 3. The van der Waals surface area contributed by atoms with E-state index in [2.05, 4.69) is 9.89 Å². The van der Waals surface area contributed by atoms with Crippen LogP contribution in [0.15, 0.2) is 29.4 Å². The molecule has 6 heteroatoms. The number of hydrogen-bond donors (Lipinski definition) is 1. The van der Waals surface area contributed by atoms with Gasteiger partial charge >= 0.3 is 6.18 Å². The number of ether oxygens (including phenoxy) is 1. The zero-order valence-electron chi connectivity index (χ0n) is 8.45. The van der Waals surface area contributed by atoms with E-state index in [0.29, 0.717) is 11.3 Å². The van der Waals surface area contributed by atoms with Gasteiger partial charge in [0.1, 0.15) is 5.75 Å². The van der Waals surface area contributed by atoms with E-state index >= 15 is 0 Å². The molecule has 0 heterocycles. The highest BCUT2D eigenvalue weighted by Gasteiger charge is 2.28. The van der Waals surface area contributed by atoms with Gasteiger partial charge in [0.15, 0.2) is 6.61 Å². The second-order valence-corrected chi connectivity index (χ2v) is 3.11. The highest BCUT2D eigenvalue weighted by Crippen LogP contribution is 2.18. The Kier molecular flexibility index (Phi) is 3.76. The monoisotopic (exact) mass is 233 g/mol. The van der Waals surface area contributed by atoms with Crippen LogP contribution in [0.1, 0.15) is 12.5 Å². The Labute approximate surface area is 90.1 Å². The number of nitrogens with zero attached hydrogens (tertiary/aromatic N) is 1. The van der Waals surface area contributed by atoms with Gasteiger partial charge in [-0.05, 0) is 36.8 Å². The van der Waals surface area contributed by atoms with Crippen LogP contribution in [-0.4, -0.2) is 23.7 Å². The standard InChI is InChI=1S/C10H10F3NO2/c1-7(14-15)8-2-4-9(5-3-8)16-6-10(11,12)13/h2-5,15H,6H2,1H3/b14-7+. The number of oxime groups is 1. The first-order valence-electron chi connectivity index (χ1n) is 4.41. The van der Waals surface area contributed by atoms with E-state index in [-0.39, 0.29) is 5.75 Å². The average Bonchev–Trinajstić information content (AvgIpc) is 2.25. The lowest BCUT2D eigenvalue weighted by atomic mass is 10.1. The Morgan fingerprint density at radius 2 is 1.88 bits per heavy atom. The molecule has 0 aliphatic rings. The molecule has 0 aliphatic carbocycles. The van der Waals surface area contributed by atoms with Gasteiger partial charge in [0, 0.05) is 0 Å². The molecule has 0 spiro atoms. The van der Waals surface area contributed by atoms with Crippen LogP contribution in [0.25, 0.3) is 0 Å². The molecule has 0 radical (unpaired) electrons. The van der Waals surface area contributed by atoms with E-state index in [1.165, 1.54) is 24.3 Å². The predicted octanol–water partition coefficient (Wildman–Crippen LogP) is 2.83. The smallest absolute Gasteiger partial charge is 0.422 e. The second-order valence-electron chi connectivity index (χ2n) is 3.11. The molecule has 1 N–H and O–H groups in total. The van der Waals surface area contributed by atoms with Crippen LogP contribution in [-0.2, 0) is 0 Å². The van der Waals surface area contributed by atoms with Crippen molar-refractivity contribution < 1.29 is 23.1 Å². The first-order chi connectivity index (χ1) is 7.42. The Morgan fingerprint density at radius 3 is 2.31 bits per heavy atom.